The second-order valence-corrected chi connectivity index (χ2v) is 3.29. The van der Waals surface area contributed by atoms with E-state index in [4.69, 9.17) is 9.52 Å². The van der Waals surface area contributed by atoms with Gasteiger partial charge in [0.05, 0.1) is 6.26 Å². The molecule has 0 aromatic carbocycles. The smallest absolute Gasteiger partial charge is 0.356 e. The van der Waals surface area contributed by atoms with Gasteiger partial charge in [0, 0.05) is 0 Å². The molecule has 3 aromatic rings. The van der Waals surface area contributed by atoms with Crippen molar-refractivity contribution in [3.8, 4) is 11.6 Å². The number of aromatic carboxylic acids is 1. The average molecular weight is 230 g/mol. The second kappa shape index (κ2) is 3.41. The first-order chi connectivity index (χ1) is 8.25. The molecule has 0 amide bonds. The Hall–Kier alpha value is -2.70. The van der Waals surface area contributed by atoms with Gasteiger partial charge >= 0.3 is 5.97 Å². The Bertz CT molecular complexity index is 687. The summed E-state index contributed by atoms with van der Waals surface area (Å²) >= 11 is 0. The third kappa shape index (κ3) is 1.44. The van der Waals surface area contributed by atoms with E-state index < -0.39 is 5.97 Å². The molecule has 3 aromatic heterocycles. The molecule has 84 valence electrons. The molecule has 0 saturated carbocycles. The number of furan rings is 1. The highest BCUT2D eigenvalue weighted by molar-refractivity contribution is 5.85. The van der Waals surface area contributed by atoms with Crippen LogP contribution in [0.25, 0.3) is 17.2 Å². The van der Waals surface area contributed by atoms with Crippen molar-refractivity contribution in [3.05, 3.63) is 36.2 Å². The Morgan fingerprint density at radius 1 is 1.29 bits per heavy atom. The van der Waals surface area contributed by atoms with Gasteiger partial charge in [0.15, 0.2) is 17.1 Å². The second-order valence-electron chi connectivity index (χ2n) is 3.29. The zero-order chi connectivity index (χ0) is 11.8. The van der Waals surface area contributed by atoms with E-state index in [1.54, 1.807) is 12.1 Å². The van der Waals surface area contributed by atoms with Crippen molar-refractivity contribution in [1.82, 2.24) is 19.8 Å². The SMILES string of the molecule is O=C(O)c1ccc2nnc(-c3ccco3)n2n1. The molecule has 0 aliphatic heterocycles. The zero-order valence-corrected chi connectivity index (χ0v) is 8.44. The molecule has 17 heavy (non-hydrogen) atoms. The highest BCUT2D eigenvalue weighted by Crippen LogP contribution is 2.17. The molecular formula is C10H6N4O3. The van der Waals surface area contributed by atoms with Crippen molar-refractivity contribution in [2.45, 2.75) is 0 Å². The summed E-state index contributed by atoms with van der Waals surface area (Å²) < 4.78 is 6.51. The van der Waals surface area contributed by atoms with Crippen LogP contribution in [-0.2, 0) is 0 Å². The van der Waals surface area contributed by atoms with Crippen molar-refractivity contribution in [2.24, 2.45) is 0 Å². The lowest BCUT2D eigenvalue weighted by molar-refractivity contribution is 0.0689. The van der Waals surface area contributed by atoms with Gasteiger partial charge in [0.25, 0.3) is 0 Å². The summed E-state index contributed by atoms with van der Waals surface area (Å²) in [4.78, 5) is 10.8. The molecule has 0 aliphatic carbocycles. The first kappa shape index (κ1) is 9.52. The van der Waals surface area contributed by atoms with E-state index in [9.17, 15) is 4.79 Å². The van der Waals surface area contributed by atoms with Crippen molar-refractivity contribution in [2.75, 3.05) is 0 Å². The number of nitrogens with zero attached hydrogens (tertiary/aromatic N) is 4. The molecule has 3 heterocycles. The van der Waals surface area contributed by atoms with Crippen molar-refractivity contribution in [1.29, 1.82) is 0 Å². The number of hydrogen-bond donors (Lipinski definition) is 1. The number of hydrogen-bond acceptors (Lipinski definition) is 5. The third-order valence-corrected chi connectivity index (χ3v) is 2.22. The summed E-state index contributed by atoms with van der Waals surface area (Å²) in [5, 5.41) is 20.6. The number of carboxylic acid groups (broad SMARTS) is 1. The van der Waals surface area contributed by atoms with Gasteiger partial charge in [-0.3, -0.25) is 0 Å². The van der Waals surface area contributed by atoms with Crippen molar-refractivity contribution < 1.29 is 14.3 Å². The summed E-state index contributed by atoms with van der Waals surface area (Å²) in [6.45, 7) is 0. The number of fused-ring (bicyclic) bond motifs is 1. The van der Waals surface area contributed by atoms with Gasteiger partial charge in [-0.25, -0.2) is 4.79 Å². The lowest BCUT2D eigenvalue weighted by Crippen LogP contribution is -2.05. The van der Waals surface area contributed by atoms with E-state index in [-0.39, 0.29) is 5.69 Å². The molecule has 0 atom stereocenters. The fraction of sp³-hybridized carbons (Fsp3) is 0. The van der Waals surface area contributed by atoms with E-state index in [0.717, 1.165) is 0 Å². The van der Waals surface area contributed by atoms with E-state index in [0.29, 0.717) is 17.2 Å². The molecule has 7 heteroatoms. The molecular weight excluding hydrogens is 224 g/mol. The minimum absolute atomic E-state index is 0.0786. The van der Waals surface area contributed by atoms with Crippen LogP contribution in [0.3, 0.4) is 0 Å². The summed E-state index contributed by atoms with van der Waals surface area (Å²) in [5.74, 6) is -0.258. The van der Waals surface area contributed by atoms with Crippen LogP contribution in [0.5, 0.6) is 0 Å². The Kier molecular flexibility index (Phi) is 1.91. The molecule has 0 fully saturated rings. The van der Waals surface area contributed by atoms with E-state index in [1.807, 2.05) is 0 Å². The van der Waals surface area contributed by atoms with Gasteiger partial charge in [-0.05, 0) is 24.3 Å². The van der Waals surface area contributed by atoms with E-state index >= 15 is 0 Å². The van der Waals surface area contributed by atoms with Crippen LogP contribution >= 0.6 is 0 Å². The first-order valence-corrected chi connectivity index (χ1v) is 4.75. The van der Waals surface area contributed by atoms with Gasteiger partial charge in [-0.2, -0.15) is 9.61 Å². The maximum atomic E-state index is 10.8. The molecule has 0 saturated heterocycles. The minimum Gasteiger partial charge on any atom is -0.476 e. The van der Waals surface area contributed by atoms with Gasteiger partial charge in [-0.15, -0.1) is 10.2 Å². The van der Waals surface area contributed by atoms with Gasteiger partial charge in [0.2, 0.25) is 5.82 Å². The standard InChI is InChI=1S/C10H6N4O3/c15-10(16)6-3-4-8-11-12-9(14(8)13-6)7-2-1-5-17-7/h1-5H,(H,15,16). The Labute approximate surface area is 94.3 Å². The molecule has 3 rings (SSSR count). The largest absolute Gasteiger partial charge is 0.476 e. The topological polar surface area (TPSA) is 93.5 Å². The molecule has 0 aliphatic rings. The summed E-state index contributed by atoms with van der Waals surface area (Å²) in [6, 6.07) is 6.32. The third-order valence-electron chi connectivity index (χ3n) is 2.22. The molecule has 0 spiro atoms. The van der Waals surface area contributed by atoms with Crippen LogP contribution in [-0.4, -0.2) is 30.9 Å². The first-order valence-electron chi connectivity index (χ1n) is 4.75. The predicted octanol–water partition coefficient (Wildman–Crippen LogP) is 1.08. The molecule has 0 unspecified atom stereocenters. The highest BCUT2D eigenvalue weighted by atomic mass is 16.4. The molecule has 0 bridgehead atoms. The monoisotopic (exact) mass is 230 g/mol. The summed E-state index contributed by atoms with van der Waals surface area (Å²) in [6.07, 6.45) is 1.50. The lowest BCUT2D eigenvalue weighted by Gasteiger charge is -1.97. The van der Waals surface area contributed by atoms with Crippen LogP contribution in [0, 0.1) is 0 Å². The fourth-order valence-electron chi connectivity index (χ4n) is 1.46. The zero-order valence-electron chi connectivity index (χ0n) is 8.44. The van der Waals surface area contributed by atoms with Crippen LogP contribution in [0.15, 0.2) is 34.9 Å². The van der Waals surface area contributed by atoms with Crippen LogP contribution < -0.4 is 0 Å². The van der Waals surface area contributed by atoms with Gasteiger partial charge < -0.3 is 9.52 Å². The summed E-state index contributed by atoms with van der Waals surface area (Å²) in [5.41, 5.74) is 0.381. The predicted molar refractivity (Wildman–Crippen MR) is 55.4 cm³/mol. The molecule has 0 radical (unpaired) electrons. The normalized spacial score (nSPS) is 10.8. The number of carbonyl (C=O) groups is 1. The Balaban J connectivity index is 2.26. The minimum atomic E-state index is -1.11. The Morgan fingerprint density at radius 2 is 2.18 bits per heavy atom. The Morgan fingerprint density at radius 3 is 2.88 bits per heavy atom. The van der Waals surface area contributed by atoms with Crippen LogP contribution in [0.2, 0.25) is 0 Å². The lowest BCUT2D eigenvalue weighted by atomic mass is 10.4. The number of rotatable bonds is 2. The van der Waals surface area contributed by atoms with Crippen LogP contribution in [0.1, 0.15) is 10.5 Å². The number of aromatic nitrogens is 4. The van der Waals surface area contributed by atoms with Crippen molar-refractivity contribution >= 4 is 11.6 Å². The van der Waals surface area contributed by atoms with E-state index in [2.05, 4.69) is 15.3 Å². The molecule has 7 nitrogen and oxygen atoms in total. The van der Waals surface area contributed by atoms with E-state index in [1.165, 1.54) is 22.9 Å². The van der Waals surface area contributed by atoms with Crippen LogP contribution in [0.4, 0.5) is 0 Å². The summed E-state index contributed by atoms with van der Waals surface area (Å²) in [7, 11) is 0. The average Bonchev–Trinajstić information content (AvgIpc) is 2.96. The number of carboxylic acids is 1. The van der Waals surface area contributed by atoms with Crippen molar-refractivity contribution in [3.63, 3.8) is 0 Å². The quantitative estimate of drug-likeness (QED) is 0.708. The highest BCUT2D eigenvalue weighted by Gasteiger charge is 2.13. The maximum Gasteiger partial charge on any atom is 0.356 e. The fourth-order valence-corrected chi connectivity index (χ4v) is 1.46. The van der Waals surface area contributed by atoms with Gasteiger partial charge in [0.1, 0.15) is 0 Å². The molecule has 1 N–H and O–H groups in total. The maximum absolute atomic E-state index is 10.8. The van der Waals surface area contributed by atoms with Gasteiger partial charge in [-0.1, -0.05) is 0 Å².